The molecule has 0 radical (unpaired) electrons. The van der Waals surface area contributed by atoms with Gasteiger partial charge < -0.3 is 10.5 Å². The minimum Gasteiger partial charge on any atom is -0.378 e. The third kappa shape index (κ3) is 3.32. The zero-order valence-corrected chi connectivity index (χ0v) is 12.4. The number of nitrogens with zero attached hydrogens (tertiary/aromatic N) is 1. The van der Waals surface area contributed by atoms with Crippen LogP contribution in [0.25, 0.3) is 0 Å². The molecule has 0 aromatic heterocycles. The molecule has 2 N–H and O–H groups in total. The van der Waals surface area contributed by atoms with Gasteiger partial charge in [-0.05, 0) is 56.8 Å². The molecule has 1 heterocycles. The van der Waals surface area contributed by atoms with E-state index in [4.69, 9.17) is 10.5 Å². The maximum absolute atomic E-state index is 6.25. The average molecular weight is 266 g/mol. The van der Waals surface area contributed by atoms with Gasteiger partial charge in [0.05, 0.1) is 6.10 Å². The van der Waals surface area contributed by atoms with Crippen molar-refractivity contribution >= 4 is 0 Å². The molecule has 2 saturated carbocycles. The predicted octanol–water partition coefficient (Wildman–Crippen LogP) is 2.39. The van der Waals surface area contributed by atoms with E-state index in [0.29, 0.717) is 6.10 Å². The number of ether oxygens (including phenoxy) is 1. The van der Waals surface area contributed by atoms with E-state index in [-0.39, 0.29) is 5.54 Å². The van der Waals surface area contributed by atoms with Gasteiger partial charge in [-0.2, -0.15) is 0 Å². The van der Waals surface area contributed by atoms with Gasteiger partial charge in [0.25, 0.3) is 0 Å². The molecule has 3 aliphatic rings. The summed E-state index contributed by atoms with van der Waals surface area (Å²) in [5.41, 5.74) is 6.49. The normalized spacial score (nSPS) is 35.8. The first-order valence-corrected chi connectivity index (χ1v) is 8.32. The first-order valence-electron chi connectivity index (χ1n) is 8.32. The second-order valence-electron chi connectivity index (χ2n) is 7.08. The Balaban J connectivity index is 1.70. The molecule has 0 spiro atoms. The van der Waals surface area contributed by atoms with Crippen LogP contribution in [0.2, 0.25) is 0 Å². The van der Waals surface area contributed by atoms with Crippen molar-refractivity contribution in [3.63, 3.8) is 0 Å². The van der Waals surface area contributed by atoms with Crippen LogP contribution < -0.4 is 5.73 Å². The topological polar surface area (TPSA) is 38.5 Å². The minimum absolute atomic E-state index is 0.240. The van der Waals surface area contributed by atoms with Crippen molar-refractivity contribution in [2.45, 2.75) is 63.5 Å². The Morgan fingerprint density at radius 2 is 1.79 bits per heavy atom. The van der Waals surface area contributed by atoms with Crippen LogP contribution in [0.5, 0.6) is 0 Å². The highest BCUT2D eigenvalue weighted by atomic mass is 16.5. The van der Waals surface area contributed by atoms with Crippen LogP contribution in [-0.2, 0) is 4.74 Å². The molecule has 1 aliphatic heterocycles. The van der Waals surface area contributed by atoms with Crippen molar-refractivity contribution in [3.8, 4) is 0 Å². The smallest absolute Gasteiger partial charge is 0.0590 e. The van der Waals surface area contributed by atoms with Crippen LogP contribution in [0.1, 0.15) is 51.9 Å². The summed E-state index contributed by atoms with van der Waals surface area (Å²) in [4.78, 5) is 2.79. The first-order chi connectivity index (χ1) is 9.25. The Hall–Kier alpha value is -0.120. The van der Waals surface area contributed by atoms with Gasteiger partial charge in [0.2, 0.25) is 0 Å². The van der Waals surface area contributed by atoms with Crippen LogP contribution >= 0.6 is 0 Å². The van der Waals surface area contributed by atoms with E-state index in [1.165, 1.54) is 38.8 Å². The lowest BCUT2D eigenvalue weighted by molar-refractivity contribution is -0.0746. The van der Waals surface area contributed by atoms with E-state index in [2.05, 4.69) is 11.8 Å². The van der Waals surface area contributed by atoms with Crippen LogP contribution in [0.15, 0.2) is 0 Å². The van der Waals surface area contributed by atoms with Crippen molar-refractivity contribution in [3.05, 3.63) is 0 Å². The van der Waals surface area contributed by atoms with Crippen LogP contribution in [0, 0.1) is 11.8 Å². The lowest BCUT2D eigenvalue weighted by Gasteiger charge is -2.48. The van der Waals surface area contributed by atoms with Crippen LogP contribution in [0.4, 0.5) is 0 Å². The van der Waals surface area contributed by atoms with Crippen LogP contribution in [-0.4, -0.2) is 42.8 Å². The van der Waals surface area contributed by atoms with Crippen LogP contribution in [0.3, 0.4) is 0 Å². The second-order valence-corrected chi connectivity index (χ2v) is 7.08. The van der Waals surface area contributed by atoms with Gasteiger partial charge in [-0.1, -0.05) is 6.92 Å². The lowest BCUT2D eigenvalue weighted by atomic mass is 9.83. The Morgan fingerprint density at radius 3 is 2.26 bits per heavy atom. The monoisotopic (exact) mass is 266 g/mol. The minimum atomic E-state index is 0.240. The maximum atomic E-state index is 6.25. The zero-order chi connectivity index (χ0) is 13.3. The third-order valence-corrected chi connectivity index (χ3v) is 5.39. The molecule has 19 heavy (non-hydrogen) atoms. The molecule has 0 aromatic carbocycles. The molecule has 3 heteroatoms. The summed E-state index contributed by atoms with van der Waals surface area (Å²) in [5.74, 6) is 1.93. The quantitative estimate of drug-likeness (QED) is 0.769. The summed E-state index contributed by atoms with van der Waals surface area (Å²) < 4.78 is 5.89. The van der Waals surface area contributed by atoms with Crippen molar-refractivity contribution in [2.24, 2.45) is 17.6 Å². The first kappa shape index (κ1) is 13.8. The van der Waals surface area contributed by atoms with E-state index < -0.39 is 0 Å². The summed E-state index contributed by atoms with van der Waals surface area (Å²) in [6.45, 7) is 6.55. The Labute approximate surface area is 117 Å². The molecular weight excluding hydrogens is 236 g/mol. The van der Waals surface area contributed by atoms with Crippen molar-refractivity contribution in [2.75, 3.05) is 26.2 Å². The Kier molecular flexibility index (Phi) is 4.16. The van der Waals surface area contributed by atoms with Gasteiger partial charge in [-0.3, -0.25) is 4.90 Å². The van der Waals surface area contributed by atoms with Gasteiger partial charge in [0, 0.05) is 31.8 Å². The van der Waals surface area contributed by atoms with E-state index in [9.17, 15) is 0 Å². The van der Waals surface area contributed by atoms with Crippen molar-refractivity contribution in [1.82, 2.24) is 4.90 Å². The molecule has 0 aromatic rings. The van der Waals surface area contributed by atoms with E-state index in [1.807, 2.05) is 0 Å². The molecular formula is C16H30N2O. The van der Waals surface area contributed by atoms with Gasteiger partial charge in [-0.15, -0.1) is 0 Å². The lowest BCUT2D eigenvalue weighted by Crippen LogP contribution is -2.59. The fourth-order valence-electron chi connectivity index (χ4n) is 3.55. The highest BCUT2D eigenvalue weighted by molar-refractivity contribution is 4.99. The van der Waals surface area contributed by atoms with E-state index in [0.717, 1.165) is 44.2 Å². The SMILES string of the molecule is CCC1CC(CN)(N(CC2CC2)CC2CC2)CCO1. The Morgan fingerprint density at radius 1 is 1.16 bits per heavy atom. The molecule has 3 nitrogen and oxygen atoms in total. The van der Waals surface area contributed by atoms with E-state index in [1.54, 1.807) is 0 Å². The zero-order valence-electron chi connectivity index (χ0n) is 12.4. The second kappa shape index (κ2) is 5.71. The number of nitrogens with two attached hydrogens (primary N) is 1. The van der Waals surface area contributed by atoms with Gasteiger partial charge in [0.1, 0.15) is 0 Å². The summed E-state index contributed by atoms with van der Waals surface area (Å²) in [5, 5.41) is 0. The molecule has 2 aliphatic carbocycles. The van der Waals surface area contributed by atoms with Gasteiger partial charge in [0.15, 0.2) is 0 Å². The highest BCUT2D eigenvalue weighted by Crippen LogP contribution is 2.40. The molecule has 3 fully saturated rings. The molecule has 0 amide bonds. The number of hydrogen-bond donors (Lipinski definition) is 1. The molecule has 2 atom stereocenters. The fraction of sp³-hybridized carbons (Fsp3) is 1.00. The van der Waals surface area contributed by atoms with E-state index >= 15 is 0 Å². The summed E-state index contributed by atoms with van der Waals surface area (Å²) in [7, 11) is 0. The average Bonchev–Trinajstić information content (AvgIpc) is 3.33. The molecule has 0 bridgehead atoms. The highest BCUT2D eigenvalue weighted by Gasteiger charge is 2.43. The van der Waals surface area contributed by atoms with Gasteiger partial charge >= 0.3 is 0 Å². The molecule has 3 rings (SSSR count). The predicted molar refractivity (Wildman–Crippen MR) is 78.1 cm³/mol. The number of rotatable bonds is 7. The summed E-state index contributed by atoms with van der Waals surface area (Å²) >= 11 is 0. The summed E-state index contributed by atoms with van der Waals surface area (Å²) in [6, 6.07) is 0. The molecule has 2 unspecified atom stereocenters. The largest absolute Gasteiger partial charge is 0.378 e. The molecule has 110 valence electrons. The van der Waals surface area contributed by atoms with Gasteiger partial charge in [-0.25, -0.2) is 0 Å². The Bertz CT molecular complexity index is 287. The summed E-state index contributed by atoms with van der Waals surface area (Å²) in [6.07, 6.45) is 9.61. The molecule has 1 saturated heterocycles. The maximum Gasteiger partial charge on any atom is 0.0590 e. The van der Waals surface area contributed by atoms with Crippen molar-refractivity contribution in [1.29, 1.82) is 0 Å². The standard InChI is InChI=1S/C16H30N2O/c1-2-15-9-16(12-17,7-8-19-15)18(10-13-3-4-13)11-14-5-6-14/h13-15H,2-12,17H2,1H3. The number of hydrogen-bond acceptors (Lipinski definition) is 3. The fourth-order valence-corrected chi connectivity index (χ4v) is 3.55. The third-order valence-electron chi connectivity index (χ3n) is 5.39. The van der Waals surface area contributed by atoms with Crippen molar-refractivity contribution < 1.29 is 4.74 Å².